The molecule has 2 rings (SSSR count). The Hall–Kier alpha value is -1.09. The minimum Gasteiger partial charge on any atom is -0.459 e. The van der Waals surface area contributed by atoms with Crippen molar-refractivity contribution in [1.82, 2.24) is 4.98 Å². The number of pyridine rings is 1. The van der Waals surface area contributed by atoms with Crippen LogP contribution in [0.3, 0.4) is 0 Å². The van der Waals surface area contributed by atoms with Gasteiger partial charge >= 0.3 is 5.97 Å². The predicted octanol–water partition coefficient (Wildman–Crippen LogP) is 4.84. The molecule has 0 N–H and O–H groups in total. The van der Waals surface area contributed by atoms with Crippen LogP contribution in [-0.2, 0) is 4.74 Å². The Bertz CT molecular complexity index is 506. The van der Waals surface area contributed by atoms with Gasteiger partial charge in [0.25, 0.3) is 0 Å². The maximum atomic E-state index is 12.3. The Morgan fingerprint density at radius 3 is 2.43 bits per heavy atom. The van der Waals surface area contributed by atoms with E-state index in [2.05, 4.69) is 18.8 Å². The Balaban J connectivity index is 2.09. The Morgan fingerprint density at radius 2 is 1.86 bits per heavy atom. The number of carbonyl (C=O) groups is 1. The molecular formula is C17H24ClNO2. The molecule has 4 heteroatoms. The van der Waals surface area contributed by atoms with Crippen LogP contribution in [0.1, 0.15) is 68.9 Å². The zero-order valence-electron chi connectivity index (χ0n) is 13.2. The van der Waals surface area contributed by atoms with Crippen LogP contribution in [0.5, 0.6) is 0 Å². The van der Waals surface area contributed by atoms with Gasteiger partial charge in [-0.05, 0) is 49.1 Å². The topological polar surface area (TPSA) is 39.2 Å². The van der Waals surface area contributed by atoms with E-state index in [0.29, 0.717) is 22.6 Å². The molecule has 21 heavy (non-hydrogen) atoms. The SMILES string of the molecule is CC1CC(C)CC(OC(=O)c2cc(Cl)nc(C(C)C)c2)C1. The fraction of sp³-hybridized carbons (Fsp3) is 0.647. The van der Waals surface area contributed by atoms with Gasteiger partial charge in [0.1, 0.15) is 11.3 Å². The molecule has 0 saturated heterocycles. The van der Waals surface area contributed by atoms with Crippen molar-refractivity contribution < 1.29 is 9.53 Å². The number of aromatic nitrogens is 1. The van der Waals surface area contributed by atoms with E-state index in [4.69, 9.17) is 16.3 Å². The summed E-state index contributed by atoms with van der Waals surface area (Å²) >= 11 is 6.01. The highest BCUT2D eigenvalue weighted by atomic mass is 35.5. The summed E-state index contributed by atoms with van der Waals surface area (Å²) in [6.07, 6.45) is 3.13. The summed E-state index contributed by atoms with van der Waals surface area (Å²) in [6.45, 7) is 8.49. The van der Waals surface area contributed by atoms with Crippen LogP contribution < -0.4 is 0 Å². The minimum atomic E-state index is -0.285. The lowest BCUT2D eigenvalue weighted by Gasteiger charge is -2.31. The number of nitrogens with zero attached hydrogens (tertiary/aromatic N) is 1. The first-order valence-corrected chi connectivity index (χ1v) is 8.11. The van der Waals surface area contributed by atoms with Crippen LogP contribution in [0.2, 0.25) is 5.15 Å². The Kier molecular flexibility index (Phi) is 5.26. The van der Waals surface area contributed by atoms with E-state index in [1.54, 1.807) is 12.1 Å². The summed E-state index contributed by atoms with van der Waals surface area (Å²) in [7, 11) is 0. The van der Waals surface area contributed by atoms with Crippen LogP contribution in [-0.4, -0.2) is 17.1 Å². The Labute approximate surface area is 132 Å². The second-order valence-corrected chi connectivity index (χ2v) is 7.09. The summed E-state index contributed by atoms with van der Waals surface area (Å²) < 4.78 is 5.68. The first kappa shape index (κ1) is 16.3. The monoisotopic (exact) mass is 309 g/mol. The van der Waals surface area contributed by atoms with Crippen LogP contribution >= 0.6 is 11.6 Å². The van der Waals surface area contributed by atoms with Crippen LogP contribution in [0.25, 0.3) is 0 Å². The van der Waals surface area contributed by atoms with Gasteiger partial charge in [0.05, 0.1) is 5.56 Å². The van der Waals surface area contributed by atoms with E-state index in [1.165, 1.54) is 6.42 Å². The fourth-order valence-electron chi connectivity index (χ4n) is 3.12. The van der Waals surface area contributed by atoms with E-state index in [-0.39, 0.29) is 18.0 Å². The van der Waals surface area contributed by atoms with Gasteiger partial charge in [-0.25, -0.2) is 9.78 Å². The van der Waals surface area contributed by atoms with E-state index in [1.807, 2.05) is 13.8 Å². The molecule has 0 amide bonds. The zero-order valence-corrected chi connectivity index (χ0v) is 14.0. The smallest absolute Gasteiger partial charge is 0.338 e. The molecule has 0 aliphatic heterocycles. The van der Waals surface area contributed by atoms with Crippen LogP contribution in [0.4, 0.5) is 0 Å². The number of carbonyl (C=O) groups excluding carboxylic acids is 1. The second-order valence-electron chi connectivity index (χ2n) is 6.70. The molecule has 1 aromatic heterocycles. The summed E-state index contributed by atoms with van der Waals surface area (Å²) in [5.74, 6) is 1.16. The molecular weight excluding hydrogens is 286 g/mol. The standard InChI is InChI=1S/C17H24ClNO2/c1-10(2)15-8-13(9-16(18)19-15)17(20)21-14-6-11(3)5-12(4)7-14/h8-12,14H,5-7H2,1-4H3. The third-order valence-corrected chi connectivity index (χ3v) is 4.24. The van der Waals surface area contributed by atoms with Crippen molar-refractivity contribution in [1.29, 1.82) is 0 Å². The number of rotatable bonds is 3. The third kappa shape index (κ3) is 4.44. The second kappa shape index (κ2) is 6.78. The highest BCUT2D eigenvalue weighted by molar-refractivity contribution is 6.29. The molecule has 1 heterocycles. The van der Waals surface area contributed by atoms with Crippen molar-refractivity contribution >= 4 is 17.6 Å². The summed E-state index contributed by atoms with van der Waals surface area (Å²) in [6, 6.07) is 3.38. The molecule has 0 radical (unpaired) electrons. The summed E-state index contributed by atoms with van der Waals surface area (Å²) in [4.78, 5) is 16.6. The molecule has 2 unspecified atom stereocenters. The van der Waals surface area contributed by atoms with E-state index >= 15 is 0 Å². The van der Waals surface area contributed by atoms with Gasteiger partial charge in [0.2, 0.25) is 0 Å². The predicted molar refractivity (Wildman–Crippen MR) is 84.7 cm³/mol. The average Bonchev–Trinajstić information content (AvgIpc) is 2.36. The molecule has 1 fully saturated rings. The fourth-order valence-corrected chi connectivity index (χ4v) is 3.33. The van der Waals surface area contributed by atoms with Gasteiger partial charge in [-0.2, -0.15) is 0 Å². The van der Waals surface area contributed by atoms with Crippen molar-refractivity contribution in [2.75, 3.05) is 0 Å². The molecule has 1 aromatic rings. The number of hydrogen-bond acceptors (Lipinski definition) is 3. The van der Waals surface area contributed by atoms with E-state index in [0.717, 1.165) is 18.5 Å². The van der Waals surface area contributed by atoms with Gasteiger partial charge < -0.3 is 4.74 Å². The lowest BCUT2D eigenvalue weighted by Crippen LogP contribution is -2.28. The number of hydrogen-bond donors (Lipinski definition) is 0. The highest BCUT2D eigenvalue weighted by Gasteiger charge is 2.27. The van der Waals surface area contributed by atoms with Crippen LogP contribution in [0.15, 0.2) is 12.1 Å². The number of halogens is 1. The first-order valence-electron chi connectivity index (χ1n) is 7.73. The number of ether oxygens (including phenoxy) is 1. The largest absolute Gasteiger partial charge is 0.459 e. The van der Waals surface area contributed by atoms with Crippen molar-refractivity contribution in [3.05, 3.63) is 28.5 Å². The van der Waals surface area contributed by atoms with Crippen molar-refractivity contribution in [3.8, 4) is 0 Å². The normalized spacial score (nSPS) is 25.9. The molecule has 0 aromatic carbocycles. The van der Waals surface area contributed by atoms with Crippen molar-refractivity contribution in [2.45, 2.75) is 59.0 Å². The average molecular weight is 310 g/mol. The number of esters is 1. The molecule has 0 bridgehead atoms. The Morgan fingerprint density at radius 1 is 1.24 bits per heavy atom. The van der Waals surface area contributed by atoms with Gasteiger partial charge in [-0.1, -0.05) is 39.3 Å². The maximum Gasteiger partial charge on any atom is 0.338 e. The van der Waals surface area contributed by atoms with E-state index in [9.17, 15) is 4.79 Å². The minimum absolute atomic E-state index is 0.0192. The van der Waals surface area contributed by atoms with Gasteiger partial charge in [-0.3, -0.25) is 0 Å². The van der Waals surface area contributed by atoms with E-state index < -0.39 is 0 Å². The first-order chi connectivity index (χ1) is 9.85. The summed E-state index contributed by atoms with van der Waals surface area (Å²) in [5, 5.41) is 0.346. The molecule has 1 aliphatic carbocycles. The molecule has 2 atom stereocenters. The summed E-state index contributed by atoms with van der Waals surface area (Å²) in [5.41, 5.74) is 1.32. The zero-order chi connectivity index (χ0) is 15.6. The van der Waals surface area contributed by atoms with Gasteiger partial charge in [0, 0.05) is 5.69 Å². The van der Waals surface area contributed by atoms with Gasteiger partial charge in [-0.15, -0.1) is 0 Å². The molecule has 1 aliphatic rings. The third-order valence-electron chi connectivity index (χ3n) is 4.05. The molecule has 0 spiro atoms. The quantitative estimate of drug-likeness (QED) is 0.592. The molecule has 1 saturated carbocycles. The van der Waals surface area contributed by atoms with Gasteiger partial charge in [0.15, 0.2) is 0 Å². The lowest BCUT2D eigenvalue weighted by molar-refractivity contribution is 0.00803. The molecule has 3 nitrogen and oxygen atoms in total. The van der Waals surface area contributed by atoms with Crippen molar-refractivity contribution in [2.24, 2.45) is 11.8 Å². The highest BCUT2D eigenvalue weighted by Crippen LogP contribution is 2.31. The molecule has 116 valence electrons. The van der Waals surface area contributed by atoms with Crippen molar-refractivity contribution in [3.63, 3.8) is 0 Å². The van der Waals surface area contributed by atoms with Crippen LogP contribution in [0, 0.1) is 11.8 Å². The lowest BCUT2D eigenvalue weighted by atomic mass is 9.82. The maximum absolute atomic E-state index is 12.3.